The van der Waals surface area contributed by atoms with E-state index in [1.165, 1.54) is 4.90 Å². The monoisotopic (exact) mass is 250 g/mol. The van der Waals surface area contributed by atoms with Crippen LogP contribution in [-0.4, -0.2) is 5.75 Å². The number of hydrogen-bond acceptors (Lipinski definition) is 2. The second kappa shape index (κ2) is 11.3. The molecule has 0 aliphatic heterocycles. The van der Waals surface area contributed by atoms with Crippen LogP contribution in [0.2, 0.25) is 0 Å². The SMILES string of the molecule is CC.CCSc1ccccc1.Cc1ccco1. The Morgan fingerprint density at radius 3 is 2.00 bits per heavy atom. The first-order chi connectivity index (χ1) is 8.33. The zero-order valence-corrected chi connectivity index (χ0v) is 12.0. The van der Waals surface area contributed by atoms with Crippen molar-refractivity contribution in [2.45, 2.75) is 32.6 Å². The molecule has 0 saturated heterocycles. The topological polar surface area (TPSA) is 13.1 Å². The van der Waals surface area contributed by atoms with Crippen molar-refractivity contribution in [3.05, 3.63) is 54.5 Å². The van der Waals surface area contributed by atoms with Gasteiger partial charge >= 0.3 is 0 Å². The molecule has 0 N–H and O–H groups in total. The summed E-state index contributed by atoms with van der Waals surface area (Å²) in [5.74, 6) is 2.12. The molecule has 1 aromatic carbocycles. The number of furan rings is 1. The van der Waals surface area contributed by atoms with Gasteiger partial charge in [-0.25, -0.2) is 0 Å². The normalized spacial score (nSPS) is 8.47. The highest BCUT2D eigenvalue weighted by Crippen LogP contribution is 2.15. The van der Waals surface area contributed by atoms with Gasteiger partial charge in [-0.1, -0.05) is 39.0 Å². The van der Waals surface area contributed by atoms with Crippen LogP contribution in [0.5, 0.6) is 0 Å². The summed E-state index contributed by atoms with van der Waals surface area (Å²) in [6.07, 6.45) is 1.66. The average molecular weight is 250 g/mol. The van der Waals surface area contributed by atoms with Crippen LogP contribution in [0.1, 0.15) is 26.5 Å². The molecule has 1 aromatic heterocycles. The predicted octanol–water partition coefficient (Wildman–Crippen LogP) is 5.41. The van der Waals surface area contributed by atoms with Crippen LogP contribution in [0.15, 0.2) is 58.0 Å². The van der Waals surface area contributed by atoms with Gasteiger partial charge in [-0.2, -0.15) is 0 Å². The van der Waals surface area contributed by atoms with E-state index in [-0.39, 0.29) is 0 Å². The largest absolute Gasteiger partial charge is 0.470 e. The summed E-state index contributed by atoms with van der Waals surface area (Å²) >= 11 is 1.88. The highest BCUT2D eigenvalue weighted by atomic mass is 32.2. The van der Waals surface area contributed by atoms with Crippen LogP contribution in [0.3, 0.4) is 0 Å². The number of hydrogen-bond donors (Lipinski definition) is 0. The van der Waals surface area contributed by atoms with E-state index in [0.717, 1.165) is 11.5 Å². The van der Waals surface area contributed by atoms with Crippen LogP contribution in [0.4, 0.5) is 0 Å². The van der Waals surface area contributed by atoms with Crippen molar-refractivity contribution in [1.29, 1.82) is 0 Å². The molecule has 0 amide bonds. The molecule has 0 bridgehead atoms. The fourth-order valence-electron chi connectivity index (χ4n) is 1.04. The fourth-order valence-corrected chi connectivity index (χ4v) is 1.73. The Hall–Kier alpha value is -1.15. The van der Waals surface area contributed by atoms with Crippen molar-refractivity contribution in [3.63, 3.8) is 0 Å². The molecule has 0 radical (unpaired) electrons. The minimum absolute atomic E-state index is 0.968. The molecular formula is C15H22OS. The third-order valence-electron chi connectivity index (χ3n) is 1.72. The van der Waals surface area contributed by atoms with Crippen molar-refractivity contribution >= 4 is 11.8 Å². The van der Waals surface area contributed by atoms with Crippen molar-refractivity contribution < 1.29 is 4.42 Å². The first-order valence-electron chi connectivity index (χ1n) is 6.01. The highest BCUT2D eigenvalue weighted by molar-refractivity contribution is 7.99. The standard InChI is InChI=1S/C8H10S.C5H6O.C2H6/c1-2-9-8-6-4-3-5-7-8;1-5-3-2-4-6-5;1-2/h3-7H,2H2,1H3;2-4H,1H3;1-2H3. The Morgan fingerprint density at radius 1 is 1.00 bits per heavy atom. The summed E-state index contributed by atoms with van der Waals surface area (Å²) in [7, 11) is 0. The van der Waals surface area contributed by atoms with Crippen LogP contribution in [0, 0.1) is 6.92 Å². The Bertz CT molecular complexity index is 340. The van der Waals surface area contributed by atoms with Gasteiger partial charge < -0.3 is 4.42 Å². The van der Waals surface area contributed by atoms with Crippen LogP contribution >= 0.6 is 11.8 Å². The van der Waals surface area contributed by atoms with Crippen LogP contribution < -0.4 is 0 Å². The second-order valence-electron chi connectivity index (χ2n) is 2.97. The Labute approximate surface area is 109 Å². The predicted molar refractivity (Wildman–Crippen MR) is 77.6 cm³/mol. The lowest BCUT2D eigenvalue weighted by Crippen LogP contribution is -1.68. The van der Waals surface area contributed by atoms with Crippen LogP contribution in [-0.2, 0) is 0 Å². The molecule has 2 aromatic rings. The van der Waals surface area contributed by atoms with Crippen molar-refractivity contribution in [2.75, 3.05) is 5.75 Å². The molecule has 0 atom stereocenters. The van der Waals surface area contributed by atoms with Crippen molar-refractivity contribution in [3.8, 4) is 0 Å². The fraction of sp³-hybridized carbons (Fsp3) is 0.333. The van der Waals surface area contributed by atoms with Crippen LogP contribution in [0.25, 0.3) is 0 Å². The summed E-state index contributed by atoms with van der Waals surface area (Å²) in [5.41, 5.74) is 0. The van der Waals surface area contributed by atoms with Gasteiger partial charge in [0.05, 0.1) is 6.26 Å². The van der Waals surface area contributed by atoms with Gasteiger partial charge in [0.2, 0.25) is 0 Å². The third-order valence-corrected chi connectivity index (χ3v) is 2.61. The first-order valence-corrected chi connectivity index (χ1v) is 6.99. The second-order valence-corrected chi connectivity index (χ2v) is 4.31. The van der Waals surface area contributed by atoms with E-state index >= 15 is 0 Å². The molecule has 0 fully saturated rings. The van der Waals surface area contributed by atoms with Crippen molar-refractivity contribution in [2.24, 2.45) is 0 Å². The lowest BCUT2D eigenvalue weighted by atomic mass is 10.4. The lowest BCUT2D eigenvalue weighted by molar-refractivity contribution is 0.534. The zero-order valence-electron chi connectivity index (χ0n) is 11.1. The summed E-state index contributed by atoms with van der Waals surface area (Å²) in [6.45, 7) is 8.08. The van der Waals surface area contributed by atoms with E-state index in [9.17, 15) is 0 Å². The van der Waals surface area contributed by atoms with Gasteiger partial charge in [-0.05, 0) is 36.9 Å². The summed E-state index contributed by atoms with van der Waals surface area (Å²) in [6, 6.07) is 14.2. The average Bonchev–Trinajstić information content (AvgIpc) is 2.85. The quantitative estimate of drug-likeness (QED) is 0.661. The van der Waals surface area contributed by atoms with Gasteiger partial charge in [-0.3, -0.25) is 0 Å². The number of rotatable bonds is 2. The van der Waals surface area contributed by atoms with E-state index in [2.05, 4.69) is 31.2 Å². The Balaban J connectivity index is 0.000000278. The molecule has 0 saturated carbocycles. The summed E-state index contributed by atoms with van der Waals surface area (Å²) in [4.78, 5) is 1.36. The Morgan fingerprint density at radius 2 is 1.65 bits per heavy atom. The number of benzene rings is 1. The smallest absolute Gasteiger partial charge is 0.100 e. The maximum atomic E-state index is 4.83. The van der Waals surface area contributed by atoms with E-state index in [0.29, 0.717) is 0 Å². The molecule has 0 unspecified atom stereocenters. The van der Waals surface area contributed by atoms with E-state index in [1.807, 2.05) is 50.7 Å². The first kappa shape index (κ1) is 15.9. The van der Waals surface area contributed by atoms with Gasteiger partial charge in [0.15, 0.2) is 0 Å². The number of aryl methyl sites for hydroxylation is 1. The summed E-state index contributed by atoms with van der Waals surface area (Å²) in [5, 5.41) is 0. The molecule has 94 valence electrons. The Kier molecular flexibility index (Phi) is 10.6. The number of thioether (sulfide) groups is 1. The van der Waals surface area contributed by atoms with Gasteiger partial charge in [0.1, 0.15) is 5.76 Å². The van der Waals surface area contributed by atoms with Gasteiger partial charge in [0.25, 0.3) is 0 Å². The minimum atomic E-state index is 0.968. The molecule has 2 heteroatoms. The van der Waals surface area contributed by atoms with E-state index in [4.69, 9.17) is 4.42 Å². The third kappa shape index (κ3) is 8.64. The van der Waals surface area contributed by atoms with Crippen molar-refractivity contribution in [1.82, 2.24) is 0 Å². The molecular weight excluding hydrogens is 228 g/mol. The van der Waals surface area contributed by atoms with E-state index < -0.39 is 0 Å². The maximum Gasteiger partial charge on any atom is 0.100 e. The highest BCUT2D eigenvalue weighted by Gasteiger charge is 1.84. The molecule has 1 nitrogen and oxygen atoms in total. The van der Waals surface area contributed by atoms with E-state index in [1.54, 1.807) is 6.26 Å². The summed E-state index contributed by atoms with van der Waals surface area (Å²) < 4.78 is 4.83. The molecule has 2 rings (SSSR count). The van der Waals surface area contributed by atoms with Gasteiger partial charge in [-0.15, -0.1) is 11.8 Å². The molecule has 1 heterocycles. The maximum absolute atomic E-state index is 4.83. The minimum Gasteiger partial charge on any atom is -0.470 e. The molecule has 0 spiro atoms. The molecule has 0 aliphatic carbocycles. The zero-order chi connectivity index (χ0) is 12.9. The van der Waals surface area contributed by atoms with Gasteiger partial charge in [0, 0.05) is 4.90 Å². The molecule has 0 aliphatic rings. The lowest BCUT2D eigenvalue weighted by Gasteiger charge is -1.93. The molecule has 17 heavy (non-hydrogen) atoms.